The highest BCUT2D eigenvalue weighted by atomic mass is 32.2. The number of carbonyl (C=O) groups excluding carboxylic acids is 1. The molecule has 2 atom stereocenters. The molecule has 1 fully saturated rings. The van der Waals surface area contributed by atoms with Crippen molar-refractivity contribution in [3.8, 4) is 5.75 Å². The van der Waals surface area contributed by atoms with Gasteiger partial charge in [-0.05, 0) is 24.0 Å². The fourth-order valence-electron chi connectivity index (χ4n) is 3.95. The first-order valence-corrected chi connectivity index (χ1v) is 10.3. The quantitative estimate of drug-likeness (QED) is 0.765. The number of nitrogens with zero attached hydrogens (tertiary/aromatic N) is 1. The van der Waals surface area contributed by atoms with E-state index in [2.05, 4.69) is 10.3 Å². The summed E-state index contributed by atoms with van der Waals surface area (Å²) in [4.78, 5) is 16.5. The molecule has 2 aromatic rings. The summed E-state index contributed by atoms with van der Waals surface area (Å²) in [6.07, 6.45) is 1.72. The summed E-state index contributed by atoms with van der Waals surface area (Å²) < 4.78 is 55.8. The van der Waals surface area contributed by atoms with E-state index in [-0.39, 0.29) is 27.8 Å². The second kappa shape index (κ2) is 7.34. The van der Waals surface area contributed by atoms with Gasteiger partial charge < -0.3 is 10.1 Å². The molecule has 1 heterocycles. The number of rotatable bonds is 5. The molecule has 7 nitrogen and oxygen atoms in total. The molecule has 1 amide bonds. The number of benzene rings is 1. The average Bonchev–Trinajstić information content (AvgIpc) is 2.63. The van der Waals surface area contributed by atoms with Crippen LogP contribution in [0.3, 0.4) is 0 Å². The Hall–Kier alpha value is -2.59. The summed E-state index contributed by atoms with van der Waals surface area (Å²) in [6.45, 7) is 3.85. The lowest BCUT2D eigenvalue weighted by atomic mass is 9.53. The lowest BCUT2D eigenvalue weighted by molar-refractivity contribution is -0.128. The van der Waals surface area contributed by atoms with E-state index in [4.69, 9.17) is 9.88 Å². The summed E-state index contributed by atoms with van der Waals surface area (Å²) in [5, 5.41) is 7.34. The molecular formula is C19H21F2N3O4S. The van der Waals surface area contributed by atoms with E-state index in [9.17, 15) is 22.0 Å². The van der Waals surface area contributed by atoms with Crippen molar-refractivity contribution in [2.45, 2.75) is 31.2 Å². The Kier molecular flexibility index (Phi) is 5.35. The number of pyridine rings is 1. The van der Waals surface area contributed by atoms with Crippen LogP contribution >= 0.6 is 0 Å². The third-order valence-corrected chi connectivity index (χ3v) is 6.05. The van der Waals surface area contributed by atoms with Crippen LogP contribution in [0.4, 0.5) is 14.5 Å². The van der Waals surface area contributed by atoms with Crippen molar-refractivity contribution in [1.82, 2.24) is 4.98 Å². The maximum absolute atomic E-state index is 14.2. The van der Waals surface area contributed by atoms with E-state index < -0.39 is 33.5 Å². The predicted octanol–water partition coefficient (Wildman–Crippen LogP) is 2.78. The van der Waals surface area contributed by atoms with Crippen LogP contribution < -0.4 is 15.2 Å². The molecule has 3 N–H and O–H groups in total. The smallest absolute Gasteiger partial charge is 0.255 e. The Morgan fingerprint density at radius 1 is 1.31 bits per heavy atom. The van der Waals surface area contributed by atoms with Gasteiger partial charge in [-0.25, -0.2) is 22.9 Å². The zero-order valence-electron chi connectivity index (χ0n) is 16.1. The lowest BCUT2D eigenvalue weighted by Crippen LogP contribution is -2.48. The lowest BCUT2D eigenvalue weighted by Gasteiger charge is -2.51. The normalized spacial score (nSPS) is 20.6. The first-order valence-electron chi connectivity index (χ1n) is 8.77. The number of anilines is 1. The predicted molar refractivity (Wildman–Crippen MR) is 102 cm³/mol. The van der Waals surface area contributed by atoms with E-state index in [1.54, 1.807) is 0 Å². The number of primary sulfonamides is 1. The van der Waals surface area contributed by atoms with Crippen LogP contribution in [0.15, 0.2) is 35.5 Å². The molecule has 1 aliphatic carbocycles. The Morgan fingerprint density at radius 3 is 2.59 bits per heavy atom. The van der Waals surface area contributed by atoms with Gasteiger partial charge in [0.25, 0.3) is 10.0 Å². The van der Waals surface area contributed by atoms with Crippen molar-refractivity contribution in [3.05, 3.63) is 47.7 Å². The molecule has 156 valence electrons. The number of nitrogens with one attached hydrogen (secondary N) is 1. The summed E-state index contributed by atoms with van der Waals surface area (Å²) >= 11 is 0. The van der Waals surface area contributed by atoms with E-state index in [0.717, 1.165) is 12.1 Å². The number of hydrogen-bond donors (Lipinski definition) is 2. The minimum Gasteiger partial charge on any atom is -0.493 e. The molecule has 1 aromatic carbocycles. The van der Waals surface area contributed by atoms with Crippen molar-refractivity contribution < 1.29 is 26.7 Å². The first kappa shape index (κ1) is 21.1. The number of sulfonamides is 1. The summed E-state index contributed by atoms with van der Waals surface area (Å²) in [5.41, 5.74) is 0.265. The van der Waals surface area contributed by atoms with E-state index >= 15 is 0 Å². The summed E-state index contributed by atoms with van der Waals surface area (Å²) in [7, 11) is -2.78. The van der Waals surface area contributed by atoms with Gasteiger partial charge in [-0.1, -0.05) is 19.9 Å². The Morgan fingerprint density at radius 2 is 2.00 bits per heavy atom. The highest BCUT2D eigenvalue weighted by Gasteiger charge is 2.52. The molecule has 1 unspecified atom stereocenters. The fourth-order valence-corrected chi connectivity index (χ4v) is 4.45. The van der Waals surface area contributed by atoms with Crippen LogP contribution in [0.1, 0.15) is 31.7 Å². The van der Waals surface area contributed by atoms with E-state index in [1.165, 1.54) is 25.4 Å². The van der Waals surface area contributed by atoms with Crippen molar-refractivity contribution in [1.29, 1.82) is 0 Å². The summed E-state index contributed by atoms with van der Waals surface area (Å²) in [5.74, 6) is -3.70. The first-order chi connectivity index (χ1) is 13.5. The molecular weight excluding hydrogens is 404 g/mol. The number of amides is 1. The van der Waals surface area contributed by atoms with Crippen molar-refractivity contribution >= 4 is 21.6 Å². The van der Waals surface area contributed by atoms with Gasteiger partial charge in [0.15, 0.2) is 16.6 Å². The van der Waals surface area contributed by atoms with E-state index in [1.807, 2.05) is 13.8 Å². The number of carbonyl (C=O) groups is 1. The molecule has 10 heteroatoms. The number of halogens is 2. The van der Waals surface area contributed by atoms with E-state index in [0.29, 0.717) is 12.0 Å². The zero-order chi connectivity index (χ0) is 21.6. The highest BCUT2D eigenvalue weighted by molar-refractivity contribution is 7.89. The molecule has 0 saturated heterocycles. The second-order valence-electron chi connectivity index (χ2n) is 7.68. The minimum absolute atomic E-state index is 0.217. The van der Waals surface area contributed by atoms with Gasteiger partial charge in [0, 0.05) is 35.3 Å². The van der Waals surface area contributed by atoms with Gasteiger partial charge in [0.2, 0.25) is 11.7 Å². The Balaban J connectivity index is 1.90. The largest absolute Gasteiger partial charge is 0.493 e. The maximum Gasteiger partial charge on any atom is 0.255 e. The number of methoxy groups -OCH3 is 1. The number of ether oxygens (including phenoxy) is 1. The highest BCUT2D eigenvalue weighted by Crippen LogP contribution is 2.58. The molecule has 1 saturated carbocycles. The van der Waals surface area contributed by atoms with Gasteiger partial charge in [0.05, 0.1) is 7.11 Å². The molecule has 0 radical (unpaired) electrons. The SMILES string of the molecule is COc1c([C@H]2C(C(=O)Nc3ccnc(S(N)(=O)=O)c3)CC2(C)C)ccc(F)c1F. The molecule has 0 aliphatic heterocycles. The monoisotopic (exact) mass is 425 g/mol. The third-order valence-electron chi connectivity index (χ3n) is 5.24. The van der Waals surface area contributed by atoms with Crippen LogP contribution in [0.2, 0.25) is 0 Å². The molecule has 0 spiro atoms. The molecule has 29 heavy (non-hydrogen) atoms. The van der Waals surface area contributed by atoms with Crippen molar-refractivity contribution in [2.75, 3.05) is 12.4 Å². The average molecular weight is 425 g/mol. The zero-order valence-corrected chi connectivity index (χ0v) is 16.9. The Labute approximate surface area is 167 Å². The van der Waals surface area contributed by atoms with Gasteiger partial charge in [-0.15, -0.1) is 0 Å². The van der Waals surface area contributed by atoms with Crippen LogP contribution in [0.5, 0.6) is 5.75 Å². The van der Waals surface area contributed by atoms with Crippen LogP contribution in [0, 0.1) is 23.0 Å². The van der Waals surface area contributed by atoms with Gasteiger partial charge >= 0.3 is 0 Å². The number of nitrogens with two attached hydrogens (primary N) is 1. The topological polar surface area (TPSA) is 111 Å². The van der Waals surface area contributed by atoms with Gasteiger partial charge in [0.1, 0.15) is 0 Å². The Bertz CT molecular complexity index is 1070. The fraction of sp³-hybridized carbons (Fsp3) is 0.368. The summed E-state index contributed by atoms with van der Waals surface area (Å²) in [6, 6.07) is 5.03. The number of aromatic nitrogens is 1. The van der Waals surface area contributed by atoms with Crippen LogP contribution in [0.25, 0.3) is 0 Å². The number of hydrogen-bond acceptors (Lipinski definition) is 5. The van der Waals surface area contributed by atoms with Crippen LogP contribution in [-0.4, -0.2) is 26.4 Å². The van der Waals surface area contributed by atoms with Gasteiger partial charge in [-0.2, -0.15) is 4.39 Å². The second-order valence-corrected chi connectivity index (χ2v) is 9.19. The molecule has 3 rings (SSSR count). The third kappa shape index (κ3) is 3.95. The maximum atomic E-state index is 14.2. The molecule has 1 aliphatic rings. The van der Waals surface area contributed by atoms with Crippen molar-refractivity contribution in [2.24, 2.45) is 16.5 Å². The molecule has 1 aromatic heterocycles. The van der Waals surface area contributed by atoms with Crippen molar-refractivity contribution in [3.63, 3.8) is 0 Å². The van der Waals surface area contributed by atoms with Gasteiger partial charge in [-0.3, -0.25) is 4.79 Å². The minimum atomic E-state index is -4.02. The standard InChI is InChI=1S/C19H21F2N3O4S/c1-19(2)9-12(15(19)11-4-5-13(20)16(21)17(11)28-3)18(25)24-10-6-7-23-14(8-10)29(22,26)27/h4-8,12,15H,9H2,1-3H3,(H2,22,26,27)(H,23,24,25)/t12?,15-/m0/s1. The van der Waals surface area contributed by atoms with Crippen LogP contribution in [-0.2, 0) is 14.8 Å². The molecule has 0 bridgehead atoms.